The van der Waals surface area contributed by atoms with Crippen LogP contribution in [-0.2, 0) is 14.8 Å². The highest BCUT2D eigenvalue weighted by Crippen LogP contribution is 2.21. The van der Waals surface area contributed by atoms with E-state index in [9.17, 15) is 13.2 Å². The van der Waals surface area contributed by atoms with E-state index in [1.165, 1.54) is 12.3 Å². The van der Waals surface area contributed by atoms with Crippen LogP contribution in [0.4, 0.5) is 0 Å². The minimum atomic E-state index is -3.89. The van der Waals surface area contributed by atoms with Gasteiger partial charge in [-0.05, 0) is 11.5 Å². The van der Waals surface area contributed by atoms with Gasteiger partial charge in [0.1, 0.15) is 6.04 Å². The van der Waals surface area contributed by atoms with Gasteiger partial charge in [-0.3, -0.25) is 9.89 Å². The van der Waals surface area contributed by atoms with E-state index >= 15 is 0 Å². The summed E-state index contributed by atoms with van der Waals surface area (Å²) in [5.41, 5.74) is -0.737. The number of rotatable bonds is 4. The largest absolute Gasteiger partial charge is 0.480 e. The molecule has 0 aliphatic carbocycles. The zero-order valence-electron chi connectivity index (χ0n) is 9.76. The number of nitrogens with zero attached hydrogens (tertiary/aromatic N) is 1. The standard InChI is InChI=1S/C9H15N3O4S/c1-9(2,3)7(8(13)14)12-17(15,16)6-4-5-10-11-6/h4-5,7,12H,1-3H3,(H,10,11)(H,13,14)/t7-/m0/s1. The second-order valence-corrected chi connectivity index (χ2v) is 6.36. The zero-order valence-corrected chi connectivity index (χ0v) is 10.6. The second kappa shape index (κ2) is 4.46. The molecule has 0 bridgehead atoms. The third-order valence-electron chi connectivity index (χ3n) is 2.15. The highest BCUT2D eigenvalue weighted by Gasteiger charge is 2.35. The number of carboxylic acids is 1. The molecule has 17 heavy (non-hydrogen) atoms. The van der Waals surface area contributed by atoms with Crippen molar-refractivity contribution >= 4 is 16.0 Å². The molecule has 0 aliphatic rings. The molecule has 1 heterocycles. The number of aromatic amines is 1. The number of hydrogen-bond donors (Lipinski definition) is 3. The molecule has 1 atom stereocenters. The Bertz CT molecular complexity index is 487. The molecule has 0 fully saturated rings. The van der Waals surface area contributed by atoms with Crippen LogP contribution in [0.15, 0.2) is 17.3 Å². The third kappa shape index (κ3) is 3.27. The predicted octanol–water partition coefficient (Wildman–Crippen LogP) is 0.187. The Hall–Kier alpha value is -1.41. The van der Waals surface area contributed by atoms with E-state index in [-0.39, 0.29) is 5.03 Å². The third-order valence-corrected chi connectivity index (χ3v) is 3.50. The Balaban J connectivity index is 3.01. The fourth-order valence-electron chi connectivity index (χ4n) is 1.21. The summed E-state index contributed by atoms with van der Waals surface area (Å²) in [6, 6.07) is 0.0417. The maximum Gasteiger partial charge on any atom is 0.322 e. The Labute approximate surface area is 99.3 Å². The van der Waals surface area contributed by atoms with Crippen LogP contribution in [-0.4, -0.2) is 35.7 Å². The first kappa shape index (κ1) is 13.7. The fourth-order valence-corrected chi connectivity index (χ4v) is 2.51. The van der Waals surface area contributed by atoms with E-state index in [1.54, 1.807) is 20.8 Å². The van der Waals surface area contributed by atoms with Gasteiger partial charge in [-0.25, -0.2) is 8.42 Å². The van der Waals surface area contributed by atoms with Gasteiger partial charge in [0.15, 0.2) is 5.03 Å². The smallest absolute Gasteiger partial charge is 0.322 e. The van der Waals surface area contributed by atoms with E-state index in [2.05, 4.69) is 14.9 Å². The molecular weight excluding hydrogens is 246 g/mol. The molecule has 1 aromatic rings. The monoisotopic (exact) mass is 261 g/mol. The van der Waals surface area contributed by atoms with E-state index in [0.29, 0.717) is 0 Å². The van der Waals surface area contributed by atoms with E-state index in [4.69, 9.17) is 5.11 Å². The highest BCUT2D eigenvalue weighted by molar-refractivity contribution is 7.89. The van der Waals surface area contributed by atoms with E-state index in [0.717, 1.165) is 0 Å². The maximum atomic E-state index is 11.8. The number of H-pyrrole nitrogens is 1. The van der Waals surface area contributed by atoms with Crippen LogP contribution in [0, 0.1) is 5.41 Å². The van der Waals surface area contributed by atoms with Crippen molar-refractivity contribution in [1.29, 1.82) is 0 Å². The molecule has 0 aliphatic heterocycles. The molecule has 0 saturated heterocycles. The average Bonchev–Trinajstić information content (AvgIpc) is 2.65. The lowest BCUT2D eigenvalue weighted by Gasteiger charge is -2.27. The summed E-state index contributed by atoms with van der Waals surface area (Å²) in [6.45, 7) is 4.92. The molecule has 8 heteroatoms. The molecule has 0 amide bonds. The number of aromatic nitrogens is 2. The first-order valence-electron chi connectivity index (χ1n) is 4.89. The lowest BCUT2D eigenvalue weighted by Crippen LogP contribution is -2.49. The topological polar surface area (TPSA) is 112 Å². The van der Waals surface area contributed by atoms with Crippen LogP contribution in [0.1, 0.15) is 20.8 Å². The number of hydrogen-bond acceptors (Lipinski definition) is 4. The summed E-state index contributed by atoms with van der Waals surface area (Å²) >= 11 is 0. The maximum absolute atomic E-state index is 11.8. The van der Waals surface area contributed by atoms with Crippen molar-refractivity contribution in [1.82, 2.24) is 14.9 Å². The van der Waals surface area contributed by atoms with Crippen molar-refractivity contribution < 1.29 is 18.3 Å². The zero-order chi connectivity index (χ0) is 13.3. The van der Waals surface area contributed by atoms with Gasteiger partial charge in [0.2, 0.25) is 0 Å². The lowest BCUT2D eigenvalue weighted by atomic mass is 9.88. The van der Waals surface area contributed by atoms with E-state index < -0.39 is 27.4 Å². The van der Waals surface area contributed by atoms with Crippen LogP contribution in [0.3, 0.4) is 0 Å². The average molecular weight is 261 g/mol. The van der Waals surface area contributed by atoms with Gasteiger partial charge in [0.25, 0.3) is 10.0 Å². The SMILES string of the molecule is CC(C)(C)[C@@H](NS(=O)(=O)c1ccn[nH]1)C(=O)O. The lowest BCUT2D eigenvalue weighted by molar-refractivity contribution is -0.141. The van der Waals surface area contributed by atoms with Gasteiger partial charge in [0, 0.05) is 0 Å². The molecule has 0 saturated carbocycles. The molecule has 0 radical (unpaired) electrons. The Morgan fingerprint density at radius 3 is 2.47 bits per heavy atom. The summed E-state index contributed by atoms with van der Waals surface area (Å²) in [5.74, 6) is -1.22. The molecule has 96 valence electrons. The molecule has 0 aromatic carbocycles. The first-order valence-corrected chi connectivity index (χ1v) is 6.37. The molecule has 3 N–H and O–H groups in total. The van der Waals surface area contributed by atoms with Crippen LogP contribution in [0.25, 0.3) is 0 Å². The van der Waals surface area contributed by atoms with Crippen molar-refractivity contribution in [3.63, 3.8) is 0 Å². The highest BCUT2D eigenvalue weighted by atomic mass is 32.2. The van der Waals surface area contributed by atoms with Gasteiger partial charge in [-0.2, -0.15) is 9.82 Å². The Morgan fingerprint density at radius 1 is 1.53 bits per heavy atom. The van der Waals surface area contributed by atoms with Crippen molar-refractivity contribution in [2.45, 2.75) is 31.8 Å². The number of aliphatic carboxylic acids is 1. The Kier molecular flexibility index (Phi) is 3.58. The van der Waals surface area contributed by atoms with Crippen molar-refractivity contribution in [2.24, 2.45) is 5.41 Å². The normalized spacial score (nSPS) is 14.5. The van der Waals surface area contributed by atoms with Crippen molar-refractivity contribution in [2.75, 3.05) is 0 Å². The molecule has 7 nitrogen and oxygen atoms in total. The van der Waals surface area contributed by atoms with Crippen LogP contribution in [0.2, 0.25) is 0 Å². The van der Waals surface area contributed by atoms with Gasteiger partial charge in [-0.15, -0.1) is 0 Å². The van der Waals surface area contributed by atoms with Crippen LogP contribution < -0.4 is 4.72 Å². The first-order chi connectivity index (χ1) is 7.64. The summed E-state index contributed by atoms with van der Waals surface area (Å²) < 4.78 is 25.8. The Morgan fingerprint density at radius 2 is 2.12 bits per heavy atom. The summed E-state index contributed by atoms with van der Waals surface area (Å²) in [5, 5.41) is 14.6. The summed E-state index contributed by atoms with van der Waals surface area (Å²) in [6.07, 6.45) is 1.28. The molecule has 0 spiro atoms. The van der Waals surface area contributed by atoms with Gasteiger partial charge >= 0.3 is 5.97 Å². The van der Waals surface area contributed by atoms with E-state index in [1.807, 2.05) is 0 Å². The molecule has 1 rings (SSSR count). The summed E-state index contributed by atoms with van der Waals surface area (Å²) in [7, 11) is -3.89. The minimum Gasteiger partial charge on any atom is -0.480 e. The van der Waals surface area contributed by atoms with Crippen molar-refractivity contribution in [3.05, 3.63) is 12.3 Å². The van der Waals surface area contributed by atoms with Crippen LogP contribution >= 0.6 is 0 Å². The number of carboxylic acid groups (broad SMARTS) is 1. The number of carbonyl (C=O) groups is 1. The predicted molar refractivity (Wildman–Crippen MR) is 59.8 cm³/mol. The molecule has 0 unspecified atom stereocenters. The number of nitrogens with one attached hydrogen (secondary N) is 2. The molecule has 1 aromatic heterocycles. The summed E-state index contributed by atoms with van der Waals surface area (Å²) in [4.78, 5) is 11.0. The van der Waals surface area contributed by atoms with Gasteiger partial charge in [-0.1, -0.05) is 20.8 Å². The van der Waals surface area contributed by atoms with Crippen molar-refractivity contribution in [3.8, 4) is 0 Å². The fraction of sp³-hybridized carbons (Fsp3) is 0.556. The molecular formula is C9H15N3O4S. The minimum absolute atomic E-state index is 0.159. The quantitative estimate of drug-likeness (QED) is 0.716. The van der Waals surface area contributed by atoms with Gasteiger partial charge in [0.05, 0.1) is 6.20 Å². The number of sulfonamides is 1. The van der Waals surface area contributed by atoms with Crippen LogP contribution in [0.5, 0.6) is 0 Å². The van der Waals surface area contributed by atoms with Gasteiger partial charge < -0.3 is 5.11 Å². The second-order valence-electron chi connectivity index (χ2n) is 4.68.